The summed E-state index contributed by atoms with van der Waals surface area (Å²) in [5.41, 5.74) is 6.08. The summed E-state index contributed by atoms with van der Waals surface area (Å²) in [4.78, 5) is 24.0. The zero-order valence-corrected chi connectivity index (χ0v) is 19.3. The van der Waals surface area contributed by atoms with E-state index < -0.39 is 11.8 Å². The van der Waals surface area contributed by atoms with Gasteiger partial charge in [-0.15, -0.1) is 0 Å². The van der Waals surface area contributed by atoms with E-state index in [9.17, 15) is 9.59 Å². The van der Waals surface area contributed by atoms with Crippen LogP contribution in [0.15, 0.2) is 77.9 Å². The molecule has 0 bridgehead atoms. The molecule has 0 atom stereocenters. The van der Waals surface area contributed by atoms with Crippen molar-refractivity contribution in [2.45, 2.75) is 32.9 Å². The topological polar surface area (TPSA) is 79.8 Å². The van der Waals surface area contributed by atoms with Gasteiger partial charge in [0.05, 0.1) is 6.21 Å². The number of hydrogen-bond donors (Lipinski definition) is 2. The zero-order valence-electron chi connectivity index (χ0n) is 18.5. The molecule has 0 unspecified atom stereocenters. The molecule has 0 saturated carbocycles. The summed E-state index contributed by atoms with van der Waals surface area (Å²) in [5, 5.41) is 7.12. The Balaban J connectivity index is 1.45. The largest absolute Gasteiger partial charge is 0.489 e. The van der Waals surface area contributed by atoms with Crippen LogP contribution in [-0.4, -0.2) is 18.0 Å². The summed E-state index contributed by atoms with van der Waals surface area (Å²) in [7, 11) is 0. The van der Waals surface area contributed by atoms with Crippen LogP contribution in [0.5, 0.6) is 5.75 Å². The number of hydrogen-bond acceptors (Lipinski definition) is 4. The maximum absolute atomic E-state index is 12.0. The summed E-state index contributed by atoms with van der Waals surface area (Å²) in [6, 6.07) is 22.6. The molecule has 0 aliphatic rings. The Morgan fingerprint density at radius 3 is 2.36 bits per heavy atom. The van der Waals surface area contributed by atoms with Crippen LogP contribution < -0.4 is 15.5 Å². The number of ether oxygens (including phenoxy) is 1. The number of nitrogens with one attached hydrogen (secondary N) is 2. The van der Waals surface area contributed by atoms with Crippen molar-refractivity contribution in [1.29, 1.82) is 0 Å². The number of carbonyl (C=O) groups excluding carboxylic acids is 2. The molecule has 7 heteroatoms. The van der Waals surface area contributed by atoms with Crippen LogP contribution in [0, 0.1) is 0 Å². The van der Waals surface area contributed by atoms with E-state index in [1.807, 2.05) is 66.7 Å². The first-order valence-corrected chi connectivity index (χ1v) is 11.0. The average molecular weight is 464 g/mol. The van der Waals surface area contributed by atoms with Gasteiger partial charge in [-0.3, -0.25) is 9.59 Å². The highest BCUT2D eigenvalue weighted by atomic mass is 35.5. The van der Waals surface area contributed by atoms with Crippen LogP contribution >= 0.6 is 11.6 Å². The smallest absolute Gasteiger partial charge is 0.329 e. The van der Waals surface area contributed by atoms with E-state index in [1.54, 1.807) is 6.07 Å². The average Bonchev–Trinajstić information content (AvgIpc) is 2.82. The minimum Gasteiger partial charge on any atom is -0.489 e. The quantitative estimate of drug-likeness (QED) is 0.286. The summed E-state index contributed by atoms with van der Waals surface area (Å²) >= 11 is 5.89. The first-order chi connectivity index (χ1) is 15.9. The van der Waals surface area contributed by atoms with E-state index in [2.05, 4.69) is 29.7 Å². The van der Waals surface area contributed by atoms with Crippen LogP contribution in [0.4, 0.5) is 0 Å². The van der Waals surface area contributed by atoms with Gasteiger partial charge in [-0.25, -0.2) is 5.43 Å². The highest BCUT2D eigenvalue weighted by Crippen LogP contribution is 2.16. The van der Waals surface area contributed by atoms with E-state index >= 15 is 0 Å². The van der Waals surface area contributed by atoms with Crippen molar-refractivity contribution in [3.63, 3.8) is 0 Å². The Bertz CT molecular complexity index is 1110. The molecule has 33 heavy (non-hydrogen) atoms. The lowest BCUT2D eigenvalue weighted by atomic mass is 10.0. The molecule has 3 rings (SSSR count). The van der Waals surface area contributed by atoms with Crippen LogP contribution in [0.1, 0.15) is 42.0 Å². The molecule has 2 amide bonds. The molecule has 3 aromatic rings. The van der Waals surface area contributed by atoms with Gasteiger partial charge in [0.15, 0.2) is 0 Å². The molecule has 0 aliphatic heterocycles. The Labute approximate surface area is 198 Å². The van der Waals surface area contributed by atoms with E-state index in [4.69, 9.17) is 16.3 Å². The first kappa shape index (κ1) is 24.0. The Hall–Kier alpha value is -3.64. The molecular weight excluding hydrogens is 438 g/mol. The molecule has 0 spiro atoms. The number of amides is 2. The third kappa shape index (κ3) is 7.77. The van der Waals surface area contributed by atoms with E-state index in [0.29, 0.717) is 23.3 Å². The lowest BCUT2D eigenvalue weighted by molar-refractivity contribution is -0.139. The molecule has 0 fully saturated rings. The molecule has 0 saturated heterocycles. The normalized spacial score (nSPS) is 10.9. The second kappa shape index (κ2) is 11.8. The maximum Gasteiger partial charge on any atom is 0.329 e. The van der Waals surface area contributed by atoms with Crippen molar-refractivity contribution in [3.05, 3.63) is 100 Å². The van der Waals surface area contributed by atoms with Crippen molar-refractivity contribution >= 4 is 29.6 Å². The van der Waals surface area contributed by atoms with Crippen molar-refractivity contribution in [2.75, 3.05) is 0 Å². The van der Waals surface area contributed by atoms with Crippen LogP contribution in [0.2, 0.25) is 5.02 Å². The Kier molecular flexibility index (Phi) is 8.61. The Morgan fingerprint density at radius 2 is 1.67 bits per heavy atom. The second-order valence-corrected chi connectivity index (χ2v) is 8.20. The minimum atomic E-state index is -0.833. The summed E-state index contributed by atoms with van der Waals surface area (Å²) in [6.45, 7) is 4.90. The van der Waals surface area contributed by atoms with Gasteiger partial charge in [-0.2, -0.15) is 5.10 Å². The molecule has 3 aromatic carbocycles. The fourth-order valence-electron chi connectivity index (χ4n) is 2.93. The van der Waals surface area contributed by atoms with E-state index in [-0.39, 0.29) is 6.54 Å². The highest BCUT2D eigenvalue weighted by Gasteiger charge is 2.12. The predicted octanol–water partition coefficient (Wildman–Crippen LogP) is 4.81. The third-order valence-electron chi connectivity index (χ3n) is 4.86. The molecule has 0 radical (unpaired) electrons. The lowest BCUT2D eigenvalue weighted by Gasteiger charge is -2.08. The SMILES string of the molecule is CC(C)c1ccc(CNC(=O)C(=O)N/N=C\c2cccc(OCc3ccc(Cl)cc3)c2)cc1. The van der Waals surface area contributed by atoms with Gasteiger partial charge < -0.3 is 10.1 Å². The second-order valence-electron chi connectivity index (χ2n) is 7.77. The van der Waals surface area contributed by atoms with E-state index in [1.165, 1.54) is 11.8 Å². The molecular formula is C26H26ClN3O3. The number of benzene rings is 3. The van der Waals surface area contributed by atoms with E-state index in [0.717, 1.165) is 16.7 Å². The first-order valence-electron chi connectivity index (χ1n) is 10.6. The fraction of sp³-hybridized carbons (Fsp3) is 0.192. The van der Waals surface area contributed by atoms with Crippen LogP contribution in [0.25, 0.3) is 0 Å². The van der Waals surface area contributed by atoms with Gasteiger partial charge in [0.25, 0.3) is 0 Å². The standard InChI is InChI=1S/C26H26ClN3O3/c1-18(2)22-10-6-19(7-11-22)15-28-25(31)26(32)30-29-16-21-4-3-5-24(14-21)33-17-20-8-12-23(27)13-9-20/h3-14,16,18H,15,17H2,1-2H3,(H,28,31)(H,30,32)/b29-16-. The van der Waals surface area contributed by atoms with Crippen molar-refractivity contribution in [1.82, 2.24) is 10.7 Å². The molecule has 2 N–H and O–H groups in total. The van der Waals surface area contributed by atoms with Gasteiger partial charge in [0, 0.05) is 11.6 Å². The zero-order chi connectivity index (χ0) is 23.6. The molecule has 170 valence electrons. The van der Waals surface area contributed by atoms with Gasteiger partial charge >= 0.3 is 11.8 Å². The number of rotatable bonds is 8. The summed E-state index contributed by atoms with van der Waals surface area (Å²) in [5.74, 6) is -0.491. The van der Waals surface area contributed by atoms with Crippen LogP contribution in [-0.2, 0) is 22.7 Å². The van der Waals surface area contributed by atoms with Crippen molar-refractivity contribution < 1.29 is 14.3 Å². The summed E-state index contributed by atoms with van der Waals surface area (Å²) < 4.78 is 5.78. The highest BCUT2D eigenvalue weighted by molar-refractivity contribution is 6.35. The van der Waals surface area contributed by atoms with Gasteiger partial charge in [0.1, 0.15) is 12.4 Å². The summed E-state index contributed by atoms with van der Waals surface area (Å²) in [6.07, 6.45) is 1.45. The van der Waals surface area contributed by atoms with Crippen molar-refractivity contribution in [3.8, 4) is 5.75 Å². The lowest BCUT2D eigenvalue weighted by Crippen LogP contribution is -2.37. The minimum absolute atomic E-state index is 0.265. The van der Waals surface area contributed by atoms with Gasteiger partial charge in [-0.1, -0.05) is 74.0 Å². The monoisotopic (exact) mass is 463 g/mol. The number of halogens is 1. The molecule has 0 aromatic heterocycles. The number of nitrogens with zero attached hydrogens (tertiary/aromatic N) is 1. The fourth-order valence-corrected chi connectivity index (χ4v) is 3.06. The number of hydrazone groups is 1. The van der Waals surface area contributed by atoms with Gasteiger partial charge in [0.2, 0.25) is 0 Å². The predicted molar refractivity (Wildman–Crippen MR) is 130 cm³/mol. The van der Waals surface area contributed by atoms with Crippen LogP contribution in [0.3, 0.4) is 0 Å². The molecule has 6 nitrogen and oxygen atoms in total. The van der Waals surface area contributed by atoms with Crippen molar-refractivity contribution in [2.24, 2.45) is 5.10 Å². The molecule has 0 heterocycles. The maximum atomic E-state index is 12.0. The molecule has 0 aliphatic carbocycles. The number of carbonyl (C=O) groups is 2. The third-order valence-corrected chi connectivity index (χ3v) is 5.11. The van der Waals surface area contributed by atoms with Gasteiger partial charge in [-0.05, 0) is 52.4 Å². The Morgan fingerprint density at radius 1 is 0.970 bits per heavy atom.